The molecule has 0 spiro atoms. The minimum atomic E-state index is 0. The van der Waals surface area contributed by atoms with Crippen LogP contribution in [0.3, 0.4) is 0 Å². The van der Waals surface area contributed by atoms with Gasteiger partial charge in [-0.1, -0.05) is 12.2 Å². The van der Waals surface area contributed by atoms with E-state index >= 15 is 0 Å². The van der Waals surface area contributed by atoms with Gasteiger partial charge < -0.3 is 0 Å². The Morgan fingerprint density at radius 2 is 1.33 bits per heavy atom. The molecule has 0 radical (unpaired) electrons. The Balaban J connectivity index is 0. The average Bonchev–Trinajstić information content (AvgIpc) is 1.81. The minimum absolute atomic E-state index is 0. The van der Waals surface area contributed by atoms with Gasteiger partial charge in [0.25, 0.3) is 0 Å². The fourth-order valence-electron chi connectivity index (χ4n) is 0.289. The summed E-state index contributed by atoms with van der Waals surface area (Å²) in [4.78, 5) is 0. The van der Waals surface area contributed by atoms with Crippen molar-refractivity contribution in [3.63, 3.8) is 0 Å². The number of hydrogen-bond acceptors (Lipinski definition) is 2. The number of nitrogens with one attached hydrogen (secondary N) is 2. The van der Waals surface area contributed by atoms with Gasteiger partial charge in [-0.05, 0) is 0 Å². The van der Waals surface area contributed by atoms with Crippen LogP contribution in [-0.4, -0.2) is 13.1 Å². The van der Waals surface area contributed by atoms with Crippen LogP contribution < -0.4 is 10.9 Å². The maximum absolute atomic E-state index is 3.53. The smallest absolute Gasteiger partial charge is 0.0278 e. The Morgan fingerprint density at radius 3 is 1.56 bits per heavy atom. The van der Waals surface area contributed by atoms with Crippen LogP contribution in [0.25, 0.3) is 0 Å². The fraction of sp³-hybridized carbons (Fsp3) is 0.333. The van der Waals surface area contributed by atoms with Gasteiger partial charge in [-0.2, -0.15) is 0 Å². The summed E-state index contributed by atoms with van der Waals surface area (Å²) >= 11 is 0. The van der Waals surface area contributed by atoms with E-state index in [1.54, 1.807) is 12.2 Å². The summed E-state index contributed by atoms with van der Waals surface area (Å²) in [5, 5.41) is 0. The lowest BCUT2D eigenvalue weighted by Gasteiger charge is -1.97. The number of rotatable bonds is 5. The van der Waals surface area contributed by atoms with Gasteiger partial charge in [-0.15, -0.1) is 25.6 Å². The zero-order valence-corrected chi connectivity index (χ0v) is 6.21. The Labute approximate surface area is 62.4 Å². The maximum Gasteiger partial charge on any atom is 0.0278 e. The van der Waals surface area contributed by atoms with Crippen molar-refractivity contribution in [3.05, 3.63) is 25.3 Å². The molecular weight excluding hydrogens is 136 g/mol. The van der Waals surface area contributed by atoms with Crippen LogP contribution in [0.1, 0.15) is 0 Å². The Bertz CT molecular complexity index is 63.5. The van der Waals surface area contributed by atoms with E-state index in [0.717, 1.165) is 13.1 Å². The molecule has 0 aromatic carbocycles. The first-order chi connectivity index (χ1) is 3.91. The fourth-order valence-corrected chi connectivity index (χ4v) is 0.289. The lowest BCUT2D eigenvalue weighted by atomic mass is 10.6. The van der Waals surface area contributed by atoms with Crippen molar-refractivity contribution in [1.29, 1.82) is 0 Å². The van der Waals surface area contributed by atoms with Crippen molar-refractivity contribution in [1.82, 2.24) is 10.9 Å². The van der Waals surface area contributed by atoms with Crippen molar-refractivity contribution in [2.24, 2.45) is 0 Å². The molecule has 0 aromatic heterocycles. The molecule has 0 atom stereocenters. The van der Waals surface area contributed by atoms with E-state index in [4.69, 9.17) is 0 Å². The van der Waals surface area contributed by atoms with Gasteiger partial charge in [0.2, 0.25) is 0 Å². The molecule has 0 amide bonds. The van der Waals surface area contributed by atoms with E-state index < -0.39 is 0 Å². The lowest BCUT2D eigenvalue weighted by molar-refractivity contribution is 0.611. The van der Waals surface area contributed by atoms with Gasteiger partial charge in [-0.25, -0.2) is 0 Å². The summed E-state index contributed by atoms with van der Waals surface area (Å²) in [6.07, 6.45) is 3.58. The van der Waals surface area contributed by atoms with E-state index in [2.05, 4.69) is 24.0 Å². The molecular formula is C6H13ClN2. The molecule has 0 aliphatic rings. The third kappa shape index (κ3) is 11.3. The quantitative estimate of drug-likeness (QED) is 0.344. The Morgan fingerprint density at radius 1 is 1.00 bits per heavy atom. The van der Waals surface area contributed by atoms with E-state index in [1.807, 2.05) is 0 Å². The molecule has 0 bridgehead atoms. The summed E-state index contributed by atoms with van der Waals surface area (Å²) < 4.78 is 0. The third-order valence-corrected chi connectivity index (χ3v) is 0.618. The Kier molecular flexibility index (Phi) is 13.6. The molecule has 54 valence electrons. The predicted octanol–water partition coefficient (Wildman–Crippen LogP) is 0.874. The molecule has 0 aliphatic heterocycles. The van der Waals surface area contributed by atoms with Crippen LogP contribution in [0.2, 0.25) is 0 Å². The molecule has 0 unspecified atom stereocenters. The molecule has 0 saturated carbocycles. The van der Waals surface area contributed by atoms with E-state index in [-0.39, 0.29) is 12.4 Å². The first-order valence-electron chi connectivity index (χ1n) is 2.59. The monoisotopic (exact) mass is 148 g/mol. The van der Waals surface area contributed by atoms with Gasteiger partial charge in [-0.3, -0.25) is 10.9 Å². The van der Waals surface area contributed by atoms with Crippen LogP contribution in [0.5, 0.6) is 0 Å². The standard InChI is InChI=1S/C6H12N2.ClH/c1-3-5-7-8-6-4-2;/h3-4,7-8H,1-2,5-6H2;1H. The van der Waals surface area contributed by atoms with Crippen molar-refractivity contribution in [2.75, 3.05) is 13.1 Å². The molecule has 2 nitrogen and oxygen atoms in total. The van der Waals surface area contributed by atoms with Gasteiger partial charge in [0, 0.05) is 13.1 Å². The first kappa shape index (κ1) is 11.5. The van der Waals surface area contributed by atoms with Crippen LogP contribution in [0.4, 0.5) is 0 Å². The highest BCUT2D eigenvalue weighted by Crippen LogP contribution is 1.56. The molecule has 2 N–H and O–H groups in total. The highest BCUT2D eigenvalue weighted by Gasteiger charge is 1.72. The second kappa shape index (κ2) is 10.6. The lowest BCUT2D eigenvalue weighted by Crippen LogP contribution is -2.31. The largest absolute Gasteiger partial charge is 0.254 e. The van der Waals surface area contributed by atoms with Crippen LogP contribution >= 0.6 is 12.4 Å². The SMILES string of the molecule is C=CCNNCC=C.Cl. The molecule has 0 fully saturated rings. The van der Waals surface area contributed by atoms with Gasteiger partial charge in [0.15, 0.2) is 0 Å². The average molecular weight is 149 g/mol. The van der Waals surface area contributed by atoms with Crippen molar-refractivity contribution in [2.45, 2.75) is 0 Å². The summed E-state index contributed by atoms with van der Waals surface area (Å²) in [5.74, 6) is 0. The first-order valence-corrected chi connectivity index (χ1v) is 2.59. The van der Waals surface area contributed by atoms with Gasteiger partial charge >= 0.3 is 0 Å². The van der Waals surface area contributed by atoms with E-state index in [1.165, 1.54) is 0 Å². The Hall–Kier alpha value is -0.310. The van der Waals surface area contributed by atoms with Crippen LogP contribution in [0.15, 0.2) is 25.3 Å². The predicted molar refractivity (Wildman–Crippen MR) is 43.6 cm³/mol. The normalized spacial score (nSPS) is 7.56. The third-order valence-electron chi connectivity index (χ3n) is 0.618. The molecule has 0 aliphatic carbocycles. The van der Waals surface area contributed by atoms with Crippen LogP contribution in [-0.2, 0) is 0 Å². The zero-order chi connectivity index (χ0) is 6.24. The highest BCUT2D eigenvalue weighted by atomic mass is 35.5. The maximum atomic E-state index is 3.53. The zero-order valence-electron chi connectivity index (χ0n) is 5.39. The number of hydrogen-bond donors (Lipinski definition) is 2. The second-order valence-corrected chi connectivity index (χ2v) is 1.34. The molecule has 0 saturated heterocycles. The molecule has 9 heavy (non-hydrogen) atoms. The van der Waals surface area contributed by atoms with Crippen molar-refractivity contribution in [3.8, 4) is 0 Å². The molecule has 0 heterocycles. The van der Waals surface area contributed by atoms with Crippen molar-refractivity contribution < 1.29 is 0 Å². The second-order valence-electron chi connectivity index (χ2n) is 1.34. The molecule has 0 aromatic rings. The summed E-state index contributed by atoms with van der Waals surface area (Å²) in [6, 6.07) is 0. The summed E-state index contributed by atoms with van der Waals surface area (Å²) in [5.41, 5.74) is 5.79. The summed E-state index contributed by atoms with van der Waals surface area (Å²) in [6.45, 7) is 8.63. The number of halogens is 1. The summed E-state index contributed by atoms with van der Waals surface area (Å²) in [7, 11) is 0. The van der Waals surface area contributed by atoms with Gasteiger partial charge in [0.05, 0.1) is 0 Å². The van der Waals surface area contributed by atoms with E-state index in [0.29, 0.717) is 0 Å². The molecule has 0 rings (SSSR count). The highest BCUT2D eigenvalue weighted by molar-refractivity contribution is 5.85. The minimum Gasteiger partial charge on any atom is -0.254 e. The number of hydrazine groups is 1. The van der Waals surface area contributed by atoms with Crippen LogP contribution in [0, 0.1) is 0 Å². The van der Waals surface area contributed by atoms with Crippen molar-refractivity contribution >= 4 is 12.4 Å². The van der Waals surface area contributed by atoms with Gasteiger partial charge in [0.1, 0.15) is 0 Å². The van der Waals surface area contributed by atoms with E-state index in [9.17, 15) is 0 Å². The molecule has 3 heteroatoms. The topological polar surface area (TPSA) is 24.1 Å².